The van der Waals surface area contributed by atoms with Crippen molar-refractivity contribution < 1.29 is 9.59 Å². The van der Waals surface area contributed by atoms with Crippen molar-refractivity contribution in [1.29, 1.82) is 0 Å². The van der Waals surface area contributed by atoms with Crippen molar-refractivity contribution in [2.45, 2.75) is 18.9 Å². The summed E-state index contributed by atoms with van der Waals surface area (Å²) in [5.74, 6) is -0.245. The third-order valence-electron chi connectivity index (χ3n) is 3.01. The molecule has 0 spiro atoms. The number of benzene rings is 1. The van der Waals surface area contributed by atoms with Gasteiger partial charge in [-0.1, -0.05) is 23.3 Å². The van der Waals surface area contributed by atoms with Gasteiger partial charge >= 0.3 is 0 Å². The minimum Gasteiger partial charge on any atom is -0.341 e. The third kappa shape index (κ3) is 2.35. The number of amides is 2. The molecule has 2 N–H and O–H groups in total. The van der Waals surface area contributed by atoms with Gasteiger partial charge in [-0.05, 0) is 29.0 Å². The molecule has 0 aliphatic carbocycles. The maximum Gasteiger partial charge on any atom is 0.249 e. The summed E-state index contributed by atoms with van der Waals surface area (Å²) in [6.07, 6.45) is 0.725. The van der Waals surface area contributed by atoms with Gasteiger partial charge in [-0.15, -0.1) is 0 Å². The molecule has 1 saturated heterocycles. The van der Waals surface area contributed by atoms with Gasteiger partial charge in [0.25, 0.3) is 0 Å². The molecule has 2 heterocycles. The van der Waals surface area contributed by atoms with Crippen LogP contribution in [0.1, 0.15) is 12.8 Å². The third-order valence-corrected chi connectivity index (χ3v) is 3.01. The first-order valence-electron chi connectivity index (χ1n) is 6.18. The molecule has 0 saturated carbocycles. The lowest BCUT2D eigenvalue weighted by atomic mass is 10.1. The highest BCUT2D eigenvalue weighted by molar-refractivity contribution is 6.01. The summed E-state index contributed by atoms with van der Waals surface area (Å²) in [4.78, 5) is 22.8. The number of anilines is 1. The predicted molar refractivity (Wildman–Crippen MR) is 68.9 cm³/mol. The standard InChI is InChI=1S/C12H12N6O2/c19-10-7-6-9(11(20)14-10)13-12-15-16-17-18(12)8-4-2-1-3-5-8/h1-5,9H,6-7H2,(H,13,15,17)(H,14,19,20). The fourth-order valence-electron chi connectivity index (χ4n) is 2.01. The Labute approximate surface area is 114 Å². The number of rotatable bonds is 3. The average molecular weight is 272 g/mol. The fraction of sp³-hybridized carbons (Fsp3) is 0.250. The molecule has 1 atom stereocenters. The number of aromatic nitrogens is 4. The molecule has 1 aliphatic heterocycles. The molecule has 1 aromatic carbocycles. The van der Waals surface area contributed by atoms with Crippen LogP contribution < -0.4 is 10.6 Å². The zero-order chi connectivity index (χ0) is 13.9. The molecule has 1 fully saturated rings. The van der Waals surface area contributed by atoms with Crippen molar-refractivity contribution in [2.24, 2.45) is 0 Å². The SMILES string of the molecule is O=C1CCC(Nc2nnnn2-c2ccccc2)C(=O)N1. The van der Waals surface area contributed by atoms with Crippen LogP contribution in [0.4, 0.5) is 5.95 Å². The molecule has 2 amide bonds. The molecule has 1 unspecified atom stereocenters. The van der Waals surface area contributed by atoms with Gasteiger partial charge in [0.1, 0.15) is 6.04 Å². The van der Waals surface area contributed by atoms with E-state index in [4.69, 9.17) is 0 Å². The van der Waals surface area contributed by atoms with Crippen molar-refractivity contribution >= 4 is 17.8 Å². The van der Waals surface area contributed by atoms with Gasteiger partial charge in [0.15, 0.2) is 0 Å². The lowest BCUT2D eigenvalue weighted by Gasteiger charge is -2.21. The highest BCUT2D eigenvalue weighted by Gasteiger charge is 2.27. The summed E-state index contributed by atoms with van der Waals surface area (Å²) in [6.45, 7) is 0. The second-order valence-electron chi connectivity index (χ2n) is 4.40. The lowest BCUT2D eigenvalue weighted by Crippen LogP contribution is -2.47. The number of para-hydroxylation sites is 1. The Bertz CT molecular complexity index is 638. The van der Waals surface area contributed by atoms with Crippen LogP contribution >= 0.6 is 0 Å². The molecular weight excluding hydrogens is 260 g/mol. The second kappa shape index (κ2) is 5.08. The van der Waals surface area contributed by atoms with E-state index in [1.165, 1.54) is 4.68 Å². The number of carbonyl (C=O) groups is 2. The van der Waals surface area contributed by atoms with Crippen LogP contribution in [0, 0.1) is 0 Å². The summed E-state index contributed by atoms with van der Waals surface area (Å²) in [5, 5.41) is 16.6. The van der Waals surface area contributed by atoms with Crippen LogP contribution in [-0.2, 0) is 9.59 Å². The Balaban J connectivity index is 1.81. The van der Waals surface area contributed by atoms with Gasteiger partial charge in [-0.2, -0.15) is 4.68 Å². The van der Waals surface area contributed by atoms with Crippen molar-refractivity contribution in [1.82, 2.24) is 25.5 Å². The number of piperidine rings is 1. The molecule has 3 rings (SSSR count). The molecule has 0 radical (unpaired) electrons. The molecule has 8 nitrogen and oxygen atoms in total. The Hall–Kier alpha value is -2.77. The average Bonchev–Trinajstić information content (AvgIpc) is 2.91. The van der Waals surface area contributed by atoms with E-state index in [0.717, 1.165) is 5.69 Å². The Morgan fingerprint density at radius 2 is 2.05 bits per heavy atom. The zero-order valence-corrected chi connectivity index (χ0v) is 10.5. The van der Waals surface area contributed by atoms with E-state index in [2.05, 4.69) is 26.2 Å². The smallest absolute Gasteiger partial charge is 0.249 e. The summed E-state index contributed by atoms with van der Waals surface area (Å²) in [7, 11) is 0. The first kappa shape index (κ1) is 12.3. The fourth-order valence-corrected chi connectivity index (χ4v) is 2.01. The van der Waals surface area contributed by atoms with Crippen molar-refractivity contribution in [2.75, 3.05) is 5.32 Å². The van der Waals surface area contributed by atoms with Crippen LogP contribution in [0.3, 0.4) is 0 Å². The second-order valence-corrected chi connectivity index (χ2v) is 4.40. The van der Waals surface area contributed by atoms with Crippen LogP contribution in [0.15, 0.2) is 30.3 Å². The quantitative estimate of drug-likeness (QED) is 0.755. The highest BCUT2D eigenvalue weighted by Crippen LogP contribution is 2.14. The normalized spacial score (nSPS) is 18.7. The molecule has 8 heteroatoms. The molecule has 1 aliphatic rings. The lowest BCUT2D eigenvalue weighted by molar-refractivity contribution is -0.133. The Kier molecular flexibility index (Phi) is 3.12. The van der Waals surface area contributed by atoms with Gasteiger partial charge < -0.3 is 5.32 Å². The summed E-state index contributed by atoms with van der Waals surface area (Å²) in [6, 6.07) is 8.82. The minimum absolute atomic E-state index is 0.254. The molecule has 102 valence electrons. The number of carbonyl (C=O) groups excluding carboxylic acids is 2. The van der Waals surface area contributed by atoms with E-state index >= 15 is 0 Å². The molecule has 0 bridgehead atoms. The van der Waals surface area contributed by atoms with Gasteiger partial charge in [0.05, 0.1) is 5.69 Å². The first-order valence-corrected chi connectivity index (χ1v) is 6.18. The predicted octanol–water partition coefficient (Wildman–Crippen LogP) is -0.121. The monoisotopic (exact) mass is 272 g/mol. The number of nitrogens with zero attached hydrogens (tertiary/aromatic N) is 4. The Morgan fingerprint density at radius 3 is 2.80 bits per heavy atom. The van der Waals surface area contributed by atoms with Crippen molar-refractivity contribution in [3.05, 3.63) is 30.3 Å². The maximum atomic E-state index is 11.7. The first-order chi connectivity index (χ1) is 9.74. The van der Waals surface area contributed by atoms with Crippen molar-refractivity contribution in [3.8, 4) is 5.69 Å². The summed E-state index contributed by atoms with van der Waals surface area (Å²) >= 11 is 0. The van der Waals surface area contributed by atoms with E-state index in [1.807, 2.05) is 30.3 Å². The van der Waals surface area contributed by atoms with Crippen LogP contribution in [-0.4, -0.2) is 38.1 Å². The number of imide groups is 1. The number of tetrazole rings is 1. The molecule has 1 aromatic heterocycles. The highest BCUT2D eigenvalue weighted by atomic mass is 16.2. The molecule has 2 aromatic rings. The number of hydrogen-bond acceptors (Lipinski definition) is 6. The Morgan fingerprint density at radius 1 is 1.25 bits per heavy atom. The van der Waals surface area contributed by atoms with E-state index in [0.29, 0.717) is 18.8 Å². The van der Waals surface area contributed by atoms with Gasteiger partial charge in [0, 0.05) is 6.42 Å². The topological polar surface area (TPSA) is 102 Å². The van der Waals surface area contributed by atoms with Crippen LogP contribution in [0.5, 0.6) is 0 Å². The van der Waals surface area contributed by atoms with Gasteiger partial charge in [0.2, 0.25) is 17.8 Å². The minimum atomic E-state index is -0.513. The van der Waals surface area contributed by atoms with E-state index in [1.54, 1.807) is 0 Å². The summed E-state index contributed by atoms with van der Waals surface area (Å²) in [5.41, 5.74) is 0.785. The van der Waals surface area contributed by atoms with Gasteiger partial charge in [-0.3, -0.25) is 14.9 Å². The zero-order valence-electron chi connectivity index (χ0n) is 10.5. The summed E-state index contributed by atoms with van der Waals surface area (Å²) < 4.78 is 1.50. The van der Waals surface area contributed by atoms with E-state index in [9.17, 15) is 9.59 Å². The van der Waals surface area contributed by atoms with Crippen LogP contribution in [0.25, 0.3) is 5.69 Å². The van der Waals surface area contributed by atoms with E-state index < -0.39 is 6.04 Å². The molecular formula is C12H12N6O2. The van der Waals surface area contributed by atoms with Gasteiger partial charge in [-0.25, -0.2) is 0 Å². The van der Waals surface area contributed by atoms with E-state index in [-0.39, 0.29) is 11.8 Å². The molecule has 20 heavy (non-hydrogen) atoms. The maximum absolute atomic E-state index is 11.7. The number of nitrogens with one attached hydrogen (secondary N) is 2. The van der Waals surface area contributed by atoms with Crippen molar-refractivity contribution in [3.63, 3.8) is 0 Å². The number of hydrogen-bond donors (Lipinski definition) is 2. The van der Waals surface area contributed by atoms with Crippen LogP contribution in [0.2, 0.25) is 0 Å². The largest absolute Gasteiger partial charge is 0.341 e.